The van der Waals surface area contributed by atoms with Gasteiger partial charge in [-0.1, -0.05) is 0 Å². The normalized spacial score (nSPS) is 10.4. The van der Waals surface area contributed by atoms with Crippen LogP contribution >= 0.6 is 0 Å². The number of carbonyl (C=O) groups is 4. The number of rotatable bonds is 7. The molecule has 0 aliphatic carbocycles. The third kappa shape index (κ3) is 11.5. The van der Waals surface area contributed by atoms with Crippen molar-refractivity contribution in [3.05, 3.63) is 0 Å². The average Bonchev–Trinajstić information content (AvgIpc) is 2.39. The van der Waals surface area contributed by atoms with Crippen LogP contribution < -0.4 is 16.0 Å². The molecule has 0 aliphatic heterocycles. The highest BCUT2D eigenvalue weighted by Gasteiger charge is 2.16. The smallest absolute Gasteiger partial charge is 0.408 e. The molecule has 0 aromatic heterocycles. The predicted octanol–water partition coefficient (Wildman–Crippen LogP) is -0.693. The average molecular weight is 317 g/mol. The molecule has 0 atom stereocenters. The molecule has 3 N–H and O–H groups in total. The largest absolute Gasteiger partial charge is 0.465 e. The van der Waals surface area contributed by atoms with Crippen LogP contribution in [0.15, 0.2) is 0 Å². The second-order valence-corrected chi connectivity index (χ2v) is 5.21. The van der Waals surface area contributed by atoms with Crippen molar-refractivity contribution in [3.63, 3.8) is 0 Å². The maximum atomic E-state index is 11.4. The summed E-state index contributed by atoms with van der Waals surface area (Å²) in [5.41, 5.74) is -0.659. The van der Waals surface area contributed by atoms with E-state index >= 15 is 0 Å². The topological polar surface area (TPSA) is 123 Å². The van der Waals surface area contributed by atoms with Crippen molar-refractivity contribution in [2.24, 2.45) is 0 Å². The van der Waals surface area contributed by atoms with E-state index < -0.39 is 29.5 Å². The third-order valence-electron chi connectivity index (χ3n) is 1.97. The maximum absolute atomic E-state index is 11.4. The third-order valence-corrected chi connectivity index (χ3v) is 1.97. The highest BCUT2D eigenvalue weighted by atomic mass is 16.6. The maximum Gasteiger partial charge on any atom is 0.408 e. The minimum absolute atomic E-state index is 0.224. The summed E-state index contributed by atoms with van der Waals surface area (Å²) in [4.78, 5) is 45.0. The van der Waals surface area contributed by atoms with Gasteiger partial charge in [-0.05, 0) is 27.7 Å². The minimum Gasteiger partial charge on any atom is -0.465 e. The summed E-state index contributed by atoms with van der Waals surface area (Å²) in [7, 11) is 0. The van der Waals surface area contributed by atoms with Gasteiger partial charge in [-0.25, -0.2) is 4.79 Å². The van der Waals surface area contributed by atoms with Gasteiger partial charge >= 0.3 is 12.1 Å². The Kier molecular flexibility index (Phi) is 8.58. The van der Waals surface area contributed by atoms with Crippen LogP contribution in [-0.2, 0) is 23.9 Å². The molecule has 22 heavy (non-hydrogen) atoms. The van der Waals surface area contributed by atoms with Crippen molar-refractivity contribution in [2.45, 2.75) is 33.3 Å². The van der Waals surface area contributed by atoms with Crippen LogP contribution in [0.5, 0.6) is 0 Å². The van der Waals surface area contributed by atoms with Gasteiger partial charge in [0.25, 0.3) is 0 Å². The van der Waals surface area contributed by atoms with E-state index in [0.29, 0.717) is 0 Å². The van der Waals surface area contributed by atoms with Crippen LogP contribution in [0.2, 0.25) is 0 Å². The first-order valence-electron chi connectivity index (χ1n) is 6.80. The summed E-state index contributed by atoms with van der Waals surface area (Å²) in [5.74, 6) is -1.66. The summed E-state index contributed by atoms with van der Waals surface area (Å²) >= 11 is 0. The van der Waals surface area contributed by atoms with Gasteiger partial charge in [0, 0.05) is 0 Å². The molecule has 0 saturated carbocycles. The molecule has 0 aromatic carbocycles. The van der Waals surface area contributed by atoms with Crippen molar-refractivity contribution in [2.75, 3.05) is 26.2 Å². The van der Waals surface area contributed by atoms with Crippen molar-refractivity contribution in [1.82, 2.24) is 16.0 Å². The first-order valence-corrected chi connectivity index (χ1v) is 6.80. The Bertz CT molecular complexity index is 416. The Labute approximate surface area is 129 Å². The van der Waals surface area contributed by atoms with Gasteiger partial charge in [0.2, 0.25) is 11.8 Å². The number of amides is 3. The lowest BCUT2D eigenvalue weighted by atomic mass is 10.2. The zero-order valence-corrected chi connectivity index (χ0v) is 13.3. The van der Waals surface area contributed by atoms with Crippen LogP contribution in [0.4, 0.5) is 4.79 Å². The SMILES string of the molecule is CCOC(=O)CNC(=O)CNC(=O)CNC(=O)OC(C)(C)C. The van der Waals surface area contributed by atoms with Gasteiger partial charge in [-0.15, -0.1) is 0 Å². The molecule has 0 fully saturated rings. The van der Waals surface area contributed by atoms with E-state index in [1.54, 1.807) is 27.7 Å². The van der Waals surface area contributed by atoms with Crippen LogP contribution in [-0.4, -0.2) is 55.7 Å². The van der Waals surface area contributed by atoms with Crippen molar-refractivity contribution in [1.29, 1.82) is 0 Å². The highest BCUT2D eigenvalue weighted by Crippen LogP contribution is 2.05. The second-order valence-electron chi connectivity index (χ2n) is 5.21. The van der Waals surface area contributed by atoms with Gasteiger partial charge in [0.15, 0.2) is 0 Å². The molecule has 0 unspecified atom stereocenters. The van der Waals surface area contributed by atoms with E-state index in [-0.39, 0.29) is 26.2 Å². The van der Waals surface area contributed by atoms with E-state index in [1.165, 1.54) is 0 Å². The van der Waals surface area contributed by atoms with Gasteiger partial charge in [-0.2, -0.15) is 0 Å². The molecule has 9 nitrogen and oxygen atoms in total. The number of nitrogens with one attached hydrogen (secondary N) is 3. The number of alkyl carbamates (subject to hydrolysis) is 1. The summed E-state index contributed by atoms with van der Waals surface area (Å²) in [6.45, 7) is 6.06. The van der Waals surface area contributed by atoms with Gasteiger partial charge < -0.3 is 25.4 Å². The molecule has 0 aliphatic rings. The molecule has 0 aromatic rings. The number of ether oxygens (including phenoxy) is 2. The number of esters is 1. The standard InChI is InChI=1S/C13H23N3O6/c1-5-21-11(19)8-15-9(17)6-14-10(18)7-16-12(20)22-13(2,3)4/h5-8H2,1-4H3,(H,14,18)(H,15,17)(H,16,20). The van der Waals surface area contributed by atoms with E-state index in [4.69, 9.17) is 4.74 Å². The highest BCUT2D eigenvalue weighted by molar-refractivity contribution is 5.88. The first kappa shape index (κ1) is 19.7. The summed E-state index contributed by atoms with van der Waals surface area (Å²) in [5, 5.41) is 6.81. The number of carbonyl (C=O) groups excluding carboxylic acids is 4. The summed E-state index contributed by atoms with van der Waals surface area (Å²) in [6.07, 6.45) is -0.727. The Hall–Kier alpha value is -2.32. The Morgan fingerprint density at radius 3 is 1.86 bits per heavy atom. The van der Waals surface area contributed by atoms with Crippen molar-refractivity contribution >= 4 is 23.9 Å². The van der Waals surface area contributed by atoms with Crippen LogP contribution in [0.25, 0.3) is 0 Å². The molecule has 0 spiro atoms. The molecular weight excluding hydrogens is 294 g/mol. The molecule has 0 bridgehead atoms. The fourth-order valence-corrected chi connectivity index (χ4v) is 1.15. The fourth-order valence-electron chi connectivity index (χ4n) is 1.15. The lowest BCUT2D eigenvalue weighted by Gasteiger charge is -2.19. The van der Waals surface area contributed by atoms with Crippen LogP contribution in [0, 0.1) is 0 Å². The molecule has 0 radical (unpaired) electrons. The lowest BCUT2D eigenvalue weighted by Crippen LogP contribution is -2.44. The lowest BCUT2D eigenvalue weighted by molar-refractivity contribution is -0.143. The molecule has 9 heteroatoms. The van der Waals surface area contributed by atoms with E-state index in [0.717, 1.165) is 0 Å². The molecule has 0 heterocycles. The number of hydrogen-bond donors (Lipinski definition) is 3. The Balaban J connectivity index is 3.83. The summed E-state index contributed by atoms with van der Waals surface area (Å²) < 4.78 is 9.56. The zero-order chi connectivity index (χ0) is 17.2. The van der Waals surface area contributed by atoms with Gasteiger partial charge in [0.1, 0.15) is 18.7 Å². The quantitative estimate of drug-likeness (QED) is 0.534. The van der Waals surface area contributed by atoms with E-state index in [1.807, 2.05) is 0 Å². The van der Waals surface area contributed by atoms with Gasteiger partial charge in [-0.3, -0.25) is 14.4 Å². The van der Waals surface area contributed by atoms with Crippen molar-refractivity contribution < 1.29 is 28.7 Å². The van der Waals surface area contributed by atoms with Crippen LogP contribution in [0.1, 0.15) is 27.7 Å². The van der Waals surface area contributed by atoms with E-state index in [2.05, 4.69) is 20.7 Å². The van der Waals surface area contributed by atoms with Crippen molar-refractivity contribution in [3.8, 4) is 0 Å². The molecular formula is C13H23N3O6. The predicted molar refractivity (Wildman–Crippen MR) is 76.9 cm³/mol. The minimum atomic E-state index is -0.727. The van der Waals surface area contributed by atoms with Crippen LogP contribution in [0.3, 0.4) is 0 Å². The second kappa shape index (κ2) is 9.59. The summed E-state index contributed by atoms with van der Waals surface area (Å²) in [6, 6.07) is 0. The Morgan fingerprint density at radius 1 is 0.864 bits per heavy atom. The molecule has 126 valence electrons. The zero-order valence-electron chi connectivity index (χ0n) is 13.3. The molecule has 0 saturated heterocycles. The first-order chi connectivity index (χ1) is 10.1. The van der Waals surface area contributed by atoms with E-state index in [9.17, 15) is 19.2 Å². The fraction of sp³-hybridized carbons (Fsp3) is 0.692. The Morgan fingerprint density at radius 2 is 1.36 bits per heavy atom. The monoisotopic (exact) mass is 317 g/mol. The molecule has 0 rings (SSSR count). The molecule has 3 amide bonds. The van der Waals surface area contributed by atoms with Gasteiger partial charge in [0.05, 0.1) is 13.2 Å². The number of hydrogen-bond acceptors (Lipinski definition) is 6.